The van der Waals surface area contributed by atoms with E-state index in [1.54, 1.807) is 24.3 Å². The number of aliphatic hydroxyl groups excluding tert-OH is 4. The van der Waals surface area contributed by atoms with Gasteiger partial charge in [0.25, 0.3) is 11.8 Å². The second-order valence-electron chi connectivity index (χ2n) is 9.98. The zero-order chi connectivity index (χ0) is 28.2. The van der Waals surface area contributed by atoms with Gasteiger partial charge in [0.2, 0.25) is 12.2 Å². The van der Waals surface area contributed by atoms with Crippen LogP contribution >= 0.6 is 0 Å². The third kappa shape index (κ3) is 9.40. The summed E-state index contributed by atoms with van der Waals surface area (Å²) in [4.78, 5) is 36.5. The summed E-state index contributed by atoms with van der Waals surface area (Å²) < 4.78 is 10.9. The Hall–Kier alpha value is -2.83. The van der Waals surface area contributed by atoms with Crippen LogP contribution < -0.4 is 10.1 Å². The molecule has 1 aromatic rings. The molecule has 11 nitrogen and oxygen atoms in total. The Bertz CT molecular complexity index is 948. The van der Waals surface area contributed by atoms with Crippen LogP contribution in [-0.2, 0) is 19.1 Å². The molecule has 1 fully saturated rings. The topological polar surface area (TPSA) is 166 Å². The zero-order valence-electron chi connectivity index (χ0n) is 22.1. The minimum Gasteiger partial charge on any atom is -0.462 e. The van der Waals surface area contributed by atoms with E-state index in [4.69, 9.17) is 9.47 Å². The average molecular weight is 549 g/mol. The van der Waals surface area contributed by atoms with Crippen molar-refractivity contribution in [2.75, 3.05) is 18.5 Å². The molecule has 0 saturated carbocycles. The first-order chi connectivity index (χ1) is 18.8. The molecule has 0 radical (unpaired) electrons. The highest BCUT2D eigenvalue weighted by Gasteiger charge is 2.44. The molecule has 2 aliphatic rings. The van der Waals surface area contributed by atoms with Gasteiger partial charge in [0.1, 0.15) is 30.2 Å². The van der Waals surface area contributed by atoms with Gasteiger partial charge in [-0.2, -0.15) is 0 Å². The highest BCUT2D eigenvalue weighted by Crippen LogP contribution is 2.25. The summed E-state index contributed by atoms with van der Waals surface area (Å²) in [7, 11) is 0. The van der Waals surface area contributed by atoms with Gasteiger partial charge < -0.3 is 35.2 Å². The highest BCUT2D eigenvalue weighted by molar-refractivity contribution is 6.12. The maximum absolute atomic E-state index is 12.2. The van der Waals surface area contributed by atoms with Crippen molar-refractivity contribution in [2.45, 2.75) is 94.9 Å². The fourth-order valence-electron chi connectivity index (χ4n) is 4.58. The van der Waals surface area contributed by atoms with Crippen molar-refractivity contribution in [2.24, 2.45) is 0 Å². The maximum atomic E-state index is 12.2. The fourth-order valence-corrected chi connectivity index (χ4v) is 4.58. The van der Waals surface area contributed by atoms with Crippen LogP contribution in [0.2, 0.25) is 0 Å². The summed E-state index contributed by atoms with van der Waals surface area (Å²) in [6, 6.07) is 6.46. The molecule has 2 heterocycles. The number of hydrogen-bond donors (Lipinski definition) is 5. The molecule has 0 bridgehead atoms. The minimum atomic E-state index is -1.52. The van der Waals surface area contributed by atoms with Crippen LogP contribution in [0.25, 0.3) is 0 Å². The van der Waals surface area contributed by atoms with Crippen molar-refractivity contribution in [3.8, 4) is 5.75 Å². The Morgan fingerprint density at radius 3 is 1.97 bits per heavy atom. The van der Waals surface area contributed by atoms with Gasteiger partial charge in [0, 0.05) is 30.8 Å². The Morgan fingerprint density at radius 1 is 0.821 bits per heavy atom. The molecule has 39 heavy (non-hydrogen) atoms. The van der Waals surface area contributed by atoms with Gasteiger partial charge in [-0.1, -0.05) is 44.9 Å². The van der Waals surface area contributed by atoms with E-state index in [2.05, 4.69) is 5.32 Å². The predicted molar refractivity (Wildman–Crippen MR) is 141 cm³/mol. The summed E-state index contributed by atoms with van der Waals surface area (Å²) >= 11 is 0. The van der Waals surface area contributed by atoms with Crippen LogP contribution in [0.4, 0.5) is 5.69 Å². The summed E-state index contributed by atoms with van der Waals surface area (Å²) in [6.07, 6.45) is 5.40. The number of benzene rings is 1. The lowest BCUT2D eigenvalue weighted by Gasteiger charge is -2.39. The Kier molecular flexibility index (Phi) is 12.3. The smallest absolute Gasteiger partial charge is 0.253 e. The van der Waals surface area contributed by atoms with E-state index < -0.39 is 37.3 Å². The van der Waals surface area contributed by atoms with Gasteiger partial charge in [0.05, 0.1) is 6.61 Å². The number of nitrogens with one attached hydrogen (secondary N) is 1. The van der Waals surface area contributed by atoms with Crippen LogP contribution in [-0.4, -0.2) is 86.9 Å². The molecule has 0 unspecified atom stereocenters. The molecular weight excluding hydrogens is 508 g/mol. The number of amides is 3. The number of anilines is 1. The van der Waals surface area contributed by atoms with Crippen molar-refractivity contribution in [3.63, 3.8) is 0 Å². The number of unbranched alkanes of at least 4 members (excludes halogenated alkanes) is 8. The number of nitrogens with zero attached hydrogens (tertiary/aromatic N) is 1. The number of hydrogen-bond acceptors (Lipinski definition) is 9. The molecule has 11 heteroatoms. The van der Waals surface area contributed by atoms with Gasteiger partial charge in [-0.05, 0) is 37.1 Å². The lowest BCUT2D eigenvalue weighted by molar-refractivity contribution is -0.277. The molecule has 5 atom stereocenters. The van der Waals surface area contributed by atoms with Crippen LogP contribution in [0.1, 0.15) is 64.2 Å². The zero-order valence-corrected chi connectivity index (χ0v) is 22.1. The number of imide groups is 1. The normalized spacial score (nSPS) is 24.8. The number of carbonyl (C=O) groups excluding carboxylic acids is 3. The molecular formula is C28H40N2O9. The van der Waals surface area contributed by atoms with E-state index in [9.17, 15) is 34.8 Å². The SMILES string of the molecule is O=C(CCCCCCCCCCCN1C(=O)C=CC1=O)Nc1ccc(O[C@@H]2O[C@H](CO)[C@@H](O)[C@H](O)[C@H]2O)cc1. The summed E-state index contributed by atoms with van der Waals surface area (Å²) in [5.74, 6) is -0.188. The number of carbonyl (C=O) groups is 3. The Morgan fingerprint density at radius 2 is 1.38 bits per heavy atom. The minimum absolute atomic E-state index is 0.0808. The second kappa shape index (κ2) is 15.7. The first kappa shape index (κ1) is 30.7. The second-order valence-corrected chi connectivity index (χ2v) is 9.98. The fraction of sp³-hybridized carbons (Fsp3) is 0.607. The average Bonchev–Trinajstić information content (AvgIpc) is 3.25. The molecule has 2 aliphatic heterocycles. The van der Waals surface area contributed by atoms with Crippen molar-refractivity contribution >= 4 is 23.4 Å². The predicted octanol–water partition coefficient (Wildman–Crippen LogP) is 1.63. The maximum Gasteiger partial charge on any atom is 0.253 e. The van der Waals surface area contributed by atoms with Crippen LogP contribution in [0, 0.1) is 0 Å². The van der Waals surface area contributed by atoms with Gasteiger partial charge in [-0.3, -0.25) is 19.3 Å². The number of ether oxygens (including phenoxy) is 2. The van der Waals surface area contributed by atoms with Crippen molar-refractivity contribution in [1.29, 1.82) is 0 Å². The lowest BCUT2D eigenvalue weighted by atomic mass is 9.99. The van der Waals surface area contributed by atoms with Crippen LogP contribution in [0.3, 0.4) is 0 Å². The number of rotatable bonds is 16. The van der Waals surface area contributed by atoms with E-state index in [1.165, 1.54) is 17.1 Å². The Labute approximate surface area is 228 Å². The monoisotopic (exact) mass is 548 g/mol. The van der Waals surface area contributed by atoms with Gasteiger partial charge in [-0.15, -0.1) is 0 Å². The largest absolute Gasteiger partial charge is 0.462 e. The van der Waals surface area contributed by atoms with Gasteiger partial charge >= 0.3 is 0 Å². The van der Waals surface area contributed by atoms with E-state index in [1.807, 2.05) is 0 Å². The third-order valence-corrected chi connectivity index (χ3v) is 6.92. The Balaban J connectivity index is 1.21. The molecule has 0 aliphatic carbocycles. The molecule has 0 aromatic heterocycles. The standard InChI is InChI=1S/C28H40N2O9/c31-18-21-25(35)26(36)27(37)28(39-21)38-20-13-11-19(12-14-20)29-22(32)10-8-6-4-2-1-3-5-7-9-17-30-23(33)15-16-24(30)34/h11-16,21,25-28,31,35-37H,1-10,17-18H2,(H,29,32)/t21-,25-,26+,27-,28-/m1/s1. The van der Waals surface area contributed by atoms with Gasteiger partial charge in [-0.25, -0.2) is 0 Å². The highest BCUT2D eigenvalue weighted by atomic mass is 16.7. The third-order valence-electron chi connectivity index (χ3n) is 6.92. The van der Waals surface area contributed by atoms with E-state index in [0.717, 1.165) is 57.8 Å². The molecule has 3 rings (SSSR count). The van der Waals surface area contributed by atoms with Crippen LogP contribution in [0.15, 0.2) is 36.4 Å². The molecule has 3 amide bonds. The van der Waals surface area contributed by atoms with Crippen molar-refractivity contribution in [1.82, 2.24) is 4.90 Å². The molecule has 0 spiro atoms. The lowest BCUT2D eigenvalue weighted by Crippen LogP contribution is -2.60. The van der Waals surface area contributed by atoms with Crippen molar-refractivity contribution < 1.29 is 44.3 Å². The van der Waals surface area contributed by atoms with Crippen LogP contribution in [0.5, 0.6) is 5.75 Å². The molecule has 1 aromatic carbocycles. The van der Waals surface area contributed by atoms with E-state index in [0.29, 0.717) is 24.4 Å². The summed E-state index contributed by atoms with van der Waals surface area (Å²) in [5.41, 5.74) is 0.593. The van der Waals surface area contributed by atoms with Crippen molar-refractivity contribution in [3.05, 3.63) is 36.4 Å². The summed E-state index contributed by atoms with van der Waals surface area (Å²) in [6.45, 7) is -0.0459. The first-order valence-corrected chi connectivity index (χ1v) is 13.7. The van der Waals surface area contributed by atoms with Gasteiger partial charge in [0.15, 0.2) is 0 Å². The first-order valence-electron chi connectivity index (χ1n) is 13.7. The van der Waals surface area contributed by atoms with E-state index in [-0.39, 0.29) is 17.7 Å². The quantitative estimate of drug-likeness (QED) is 0.152. The molecule has 216 valence electrons. The van der Waals surface area contributed by atoms with E-state index >= 15 is 0 Å². The number of aliphatic hydroxyl groups is 4. The molecule has 1 saturated heterocycles. The summed E-state index contributed by atoms with van der Waals surface area (Å²) in [5, 5.41) is 41.9. The molecule has 5 N–H and O–H groups in total.